The van der Waals surface area contributed by atoms with Gasteiger partial charge in [-0.3, -0.25) is 15.1 Å². The van der Waals surface area contributed by atoms with Gasteiger partial charge in [0.15, 0.2) is 5.69 Å². The Bertz CT molecular complexity index is 1860. The quantitative estimate of drug-likeness (QED) is 0.188. The zero-order valence-corrected chi connectivity index (χ0v) is 27.6. The summed E-state index contributed by atoms with van der Waals surface area (Å²) >= 11 is 0.753. The normalized spacial score (nSPS) is 15.6. The van der Waals surface area contributed by atoms with E-state index >= 15 is 0 Å². The van der Waals surface area contributed by atoms with Crippen LogP contribution in [0.15, 0.2) is 40.9 Å². The number of fused-ring (bicyclic) bond motifs is 1. The molecule has 1 aliphatic rings. The first-order valence-corrected chi connectivity index (χ1v) is 16.6. The number of urea groups is 1. The number of carboxylic acid groups (broad SMARTS) is 1. The van der Waals surface area contributed by atoms with Crippen LogP contribution in [0.25, 0.3) is 32.7 Å². The molecule has 5 rings (SSSR count). The van der Waals surface area contributed by atoms with Gasteiger partial charge < -0.3 is 24.8 Å². The SMILES string of the molecule is CCNC(=O)Nc1cc(-c2nc(C(F)(F)F)cs2)c(-c2cc3c(=O)c(C(=O)O)cn([C@H]4CCCN(CCN(CC)CC)C4)c3cn2)cn1. The van der Waals surface area contributed by atoms with Crippen molar-refractivity contribution in [2.24, 2.45) is 0 Å². The largest absolute Gasteiger partial charge is 0.477 e. The fraction of sp³-hybridized carbons (Fsp3) is 0.438. The lowest BCUT2D eigenvalue weighted by molar-refractivity contribution is -0.140. The molecule has 5 heterocycles. The molecule has 0 unspecified atom stereocenters. The molecule has 0 radical (unpaired) electrons. The first-order valence-electron chi connectivity index (χ1n) is 15.7. The van der Waals surface area contributed by atoms with Crippen molar-refractivity contribution in [1.82, 2.24) is 34.6 Å². The maximum absolute atomic E-state index is 13.6. The fourth-order valence-electron chi connectivity index (χ4n) is 5.89. The average molecular weight is 687 g/mol. The summed E-state index contributed by atoms with van der Waals surface area (Å²) in [6.07, 6.45) is 1.19. The number of halogens is 3. The van der Waals surface area contributed by atoms with Gasteiger partial charge in [-0.05, 0) is 51.5 Å². The lowest BCUT2D eigenvalue weighted by Crippen LogP contribution is -2.41. The minimum atomic E-state index is -4.68. The Morgan fingerprint density at radius 2 is 1.90 bits per heavy atom. The highest BCUT2D eigenvalue weighted by Gasteiger charge is 2.34. The van der Waals surface area contributed by atoms with Crippen LogP contribution in [0, 0.1) is 0 Å². The first kappa shape index (κ1) is 34.9. The van der Waals surface area contributed by atoms with Gasteiger partial charge in [0.2, 0.25) is 5.43 Å². The van der Waals surface area contributed by atoms with Crippen LogP contribution in [0.1, 0.15) is 55.7 Å². The van der Waals surface area contributed by atoms with E-state index in [2.05, 4.69) is 49.2 Å². The van der Waals surface area contributed by atoms with Crippen molar-refractivity contribution in [2.75, 3.05) is 51.1 Å². The predicted molar refractivity (Wildman–Crippen MR) is 177 cm³/mol. The number of carboxylic acids is 1. The highest BCUT2D eigenvalue weighted by Crippen LogP contribution is 2.38. The maximum Gasteiger partial charge on any atom is 0.434 e. The fourth-order valence-corrected chi connectivity index (χ4v) is 6.74. The van der Waals surface area contributed by atoms with E-state index in [4.69, 9.17) is 0 Å². The second-order valence-electron chi connectivity index (χ2n) is 11.4. The van der Waals surface area contributed by atoms with Crippen molar-refractivity contribution in [3.05, 3.63) is 57.6 Å². The summed E-state index contributed by atoms with van der Waals surface area (Å²) in [6, 6.07) is 2.16. The Hall–Kier alpha value is -4.41. The summed E-state index contributed by atoms with van der Waals surface area (Å²) in [6.45, 7) is 11.6. The van der Waals surface area contributed by atoms with Crippen molar-refractivity contribution in [3.63, 3.8) is 0 Å². The van der Waals surface area contributed by atoms with Crippen LogP contribution in [-0.2, 0) is 6.18 Å². The van der Waals surface area contributed by atoms with Gasteiger partial charge in [-0.25, -0.2) is 19.6 Å². The third kappa shape index (κ3) is 7.66. The molecule has 48 heavy (non-hydrogen) atoms. The van der Waals surface area contributed by atoms with E-state index in [9.17, 15) is 32.7 Å². The van der Waals surface area contributed by atoms with Crippen LogP contribution in [0.4, 0.5) is 23.8 Å². The topological polar surface area (TPSA) is 146 Å². The van der Waals surface area contributed by atoms with Gasteiger partial charge >= 0.3 is 18.2 Å². The van der Waals surface area contributed by atoms with Crippen LogP contribution in [0.3, 0.4) is 0 Å². The van der Waals surface area contributed by atoms with E-state index in [0.29, 0.717) is 18.6 Å². The first-order chi connectivity index (χ1) is 22.9. The summed E-state index contributed by atoms with van der Waals surface area (Å²) in [5.41, 5.74) is -1.12. The number of hydrogen-bond acceptors (Lipinski definition) is 9. The van der Waals surface area contributed by atoms with Crippen LogP contribution in [0.2, 0.25) is 0 Å². The van der Waals surface area contributed by atoms with Crippen LogP contribution in [0.5, 0.6) is 0 Å². The van der Waals surface area contributed by atoms with Gasteiger partial charge in [-0.2, -0.15) is 13.2 Å². The number of carbonyl (C=O) groups is 2. The Balaban J connectivity index is 1.59. The lowest BCUT2D eigenvalue weighted by Gasteiger charge is -2.35. The minimum Gasteiger partial charge on any atom is -0.477 e. The molecule has 2 amide bonds. The van der Waals surface area contributed by atoms with Crippen LogP contribution in [-0.4, -0.2) is 92.2 Å². The number of rotatable bonds is 11. The number of alkyl halides is 3. The lowest BCUT2D eigenvalue weighted by atomic mass is 10.0. The zero-order chi connectivity index (χ0) is 34.6. The molecule has 12 nitrogen and oxygen atoms in total. The molecular formula is C32H37F3N8O4S. The molecule has 1 saturated heterocycles. The summed E-state index contributed by atoms with van der Waals surface area (Å²) < 4.78 is 42.3. The number of anilines is 1. The Labute approximate surface area is 278 Å². The van der Waals surface area contributed by atoms with Crippen LogP contribution >= 0.6 is 11.3 Å². The molecule has 4 aromatic heterocycles. The molecule has 0 bridgehead atoms. The van der Waals surface area contributed by atoms with Gasteiger partial charge in [0.25, 0.3) is 0 Å². The predicted octanol–water partition coefficient (Wildman–Crippen LogP) is 5.42. The molecule has 1 fully saturated rings. The minimum absolute atomic E-state index is 0.00993. The molecule has 16 heteroatoms. The molecule has 0 spiro atoms. The number of thiazole rings is 1. The molecule has 256 valence electrons. The number of piperidine rings is 1. The molecule has 1 atom stereocenters. The van der Waals surface area contributed by atoms with Gasteiger partial charge in [0.05, 0.1) is 22.8 Å². The maximum atomic E-state index is 13.6. The average Bonchev–Trinajstić information content (AvgIpc) is 3.57. The number of hydrogen-bond donors (Lipinski definition) is 3. The van der Waals surface area contributed by atoms with E-state index in [0.717, 1.165) is 62.3 Å². The molecule has 1 aliphatic heterocycles. The molecule has 0 aromatic carbocycles. The van der Waals surface area contributed by atoms with E-state index in [1.807, 2.05) is 4.57 Å². The van der Waals surface area contributed by atoms with Crippen molar-refractivity contribution in [1.29, 1.82) is 0 Å². The van der Waals surface area contributed by atoms with Crippen molar-refractivity contribution < 1.29 is 27.9 Å². The van der Waals surface area contributed by atoms with Crippen molar-refractivity contribution in [2.45, 2.75) is 45.8 Å². The third-order valence-corrected chi connectivity index (χ3v) is 9.31. The molecule has 4 aromatic rings. The standard InChI is InChI=1S/C32H37F3N8O4S/c1-4-36-31(47)40-27-13-20(29-39-26(18-48-29)32(33,34)35)22(14-38-27)24-12-21-25(15-37-24)43(17-23(28(21)44)30(45)46)19-8-7-9-42(16-19)11-10-41(5-2)6-3/h12-15,17-19H,4-11,16H2,1-3H3,(H,45,46)(H2,36,38,40,47)/t19-/m0/s1. The third-order valence-electron chi connectivity index (χ3n) is 8.43. The number of nitrogens with one attached hydrogen (secondary N) is 2. The molecule has 0 saturated carbocycles. The van der Waals surface area contributed by atoms with Crippen molar-refractivity contribution >= 4 is 40.1 Å². The number of amides is 2. The van der Waals surface area contributed by atoms with Gasteiger partial charge in [-0.1, -0.05) is 13.8 Å². The second kappa shape index (κ2) is 14.8. The van der Waals surface area contributed by atoms with Gasteiger partial charge in [-0.15, -0.1) is 11.3 Å². The number of likely N-dealkylation sites (tertiary alicyclic amines) is 1. The Morgan fingerprint density at radius 1 is 1.12 bits per heavy atom. The smallest absolute Gasteiger partial charge is 0.434 e. The summed E-state index contributed by atoms with van der Waals surface area (Å²) in [7, 11) is 0. The number of aromatic carboxylic acids is 1. The summed E-state index contributed by atoms with van der Waals surface area (Å²) in [5.74, 6) is -1.31. The number of nitrogens with zero attached hydrogens (tertiary/aromatic N) is 6. The zero-order valence-electron chi connectivity index (χ0n) is 26.8. The monoisotopic (exact) mass is 686 g/mol. The van der Waals surface area contributed by atoms with E-state index in [-0.39, 0.29) is 39.1 Å². The molecular weight excluding hydrogens is 649 g/mol. The number of carbonyl (C=O) groups excluding carboxylic acids is 1. The van der Waals surface area contributed by atoms with Gasteiger partial charge in [0.1, 0.15) is 16.4 Å². The van der Waals surface area contributed by atoms with E-state index in [1.165, 1.54) is 30.7 Å². The van der Waals surface area contributed by atoms with E-state index < -0.39 is 34.9 Å². The highest BCUT2D eigenvalue weighted by molar-refractivity contribution is 7.13. The van der Waals surface area contributed by atoms with Crippen molar-refractivity contribution in [3.8, 4) is 21.8 Å². The molecule has 3 N–H and O–H groups in total. The second-order valence-corrected chi connectivity index (χ2v) is 12.3. The number of likely N-dealkylation sites (N-methyl/N-ethyl adjacent to an activating group) is 1. The Kier molecular flexibility index (Phi) is 10.8. The number of pyridine rings is 3. The summed E-state index contributed by atoms with van der Waals surface area (Å²) in [4.78, 5) is 55.3. The highest BCUT2D eigenvalue weighted by atomic mass is 32.1. The Morgan fingerprint density at radius 3 is 2.56 bits per heavy atom. The van der Waals surface area contributed by atoms with E-state index in [1.54, 1.807) is 6.92 Å². The molecule has 0 aliphatic carbocycles. The van der Waals surface area contributed by atoms with Crippen LogP contribution < -0.4 is 16.1 Å². The number of aromatic nitrogens is 4. The summed E-state index contributed by atoms with van der Waals surface area (Å²) in [5, 5.41) is 16.1. The van der Waals surface area contributed by atoms with Gasteiger partial charge in [0, 0.05) is 61.1 Å².